The van der Waals surface area contributed by atoms with Gasteiger partial charge in [0.05, 0.1) is 11.6 Å². The minimum atomic E-state index is 0.243. The van der Waals surface area contributed by atoms with Crippen LogP contribution in [0.3, 0.4) is 0 Å². The molecule has 2 aromatic heterocycles. The van der Waals surface area contributed by atoms with Crippen molar-refractivity contribution in [3.63, 3.8) is 0 Å². The second-order valence-corrected chi connectivity index (χ2v) is 8.53. The van der Waals surface area contributed by atoms with E-state index in [1.54, 1.807) is 0 Å². The molecule has 0 bridgehead atoms. The lowest BCUT2D eigenvalue weighted by atomic mass is 9.93. The average Bonchev–Trinajstić information content (AvgIpc) is 2.92. The Morgan fingerprint density at radius 3 is 2.79 bits per heavy atom. The molecular weight excluding hydrogens is 366 g/mol. The van der Waals surface area contributed by atoms with E-state index in [2.05, 4.69) is 68.4 Å². The molecule has 1 atom stereocenters. The predicted octanol–water partition coefficient (Wildman–Crippen LogP) is 6.40. The minimum Gasteiger partial charge on any atom is -0.348 e. The molecule has 1 aliphatic heterocycles. The maximum atomic E-state index is 6.31. The van der Waals surface area contributed by atoms with Gasteiger partial charge in [-0.2, -0.15) is 0 Å². The van der Waals surface area contributed by atoms with E-state index < -0.39 is 0 Å². The van der Waals surface area contributed by atoms with Gasteiger partial charge in [-0.25, -0.2) is 4.98 Å². The molecule has 3 heterocycles. The van der Waals surface area contributed by atoms with Gasteiger partial charge >= 0.3 is 0 Å². The second kappa shape index (κ2) is 7.29. The summed E-state index contributed by atoms with van der Waals surface area (Å²) in [6, 6.07) is 8.68. The molecule has 0 N–H and O–H groups in total. The number of nitrogens with zero attached hydrogens (tertiary/aromatic N) is 3. The molecule has 0 aliphatic carbocycles. The zero-order valence-electron chi connectivity index (χ0n) is 17.4. The van der Waals surface area contributed by atoms with Crippen molar-refractivity contribution in [2.45, 2.75) is 53.6 Å². The van der Waals surface area contributed by atoms with Crippen molar-refractivity contribution >= 4 is 28.3 Å². The Balaban J connectivity index is 1.87. The highest BCUT2D eigenvalue weighted by Crippen LogP contribution is 2.38. The first-order chi connectivity index (χ1) is 13.4. The number of hydrogen-bond donors (Lipinski definition) is 0. The summed E-state index contributed by atoms with van der Waals surface area (Å²) in [6.07, 6.45) is 5.26. The number of aryl methyl sites for hydroxylation is 1. The first kappa shape index (κ1) is 19.1. The minimum absolute atomic E-state index is 0.243. The molecule has 1 aromatic carbocycles. The van der Waals surface area contributed by atoms with Crippen molar-refractivity contribution in [3.8, 4) is 0 Å². The smallest absolute Gasteiger partial charge is 0.153 e. The lowest BCUT2D eigenvalue weighted by molar-refractivity contribution is 0.617. The summed E-state index contributed by atoms with van der Waals surface area (Å²) in [4.78, 5) is 7.31. The molecule has 0 radical (unpaired) electrons. The van der Waals surface area contributed by atoms with Crippen LogP contribution < -0.4 is 4.90 Å². The SMILES string of the molecule is CC(C)=CCn1c(C)c(C)c2ccnc(N3CCc4ccc(Cl)cc4C3C)c21. The number of allylic oxidation sites excluding steroid dienone is 2. The van der Waals surface area contributed by atoms with Crippen LogP contribution in [0.15, 0.2) is 42.1 Å². The highest BCUT2D eigenvalue weighted by atomic mass is 35.5. The van der Waals surface area contributed by atoms with E-state index in [0.29, 0.717) is 0 Å². The quantitative estimate of drug-likeness (QED) is 0.480. The topological polar surface area (TPSA) is 21.1 Å². The van der Waals surface area contributed by atoms with E-state index in [1.165, 1.54) is 38.9 Å². The van der Waals surface area contributed by atoms with E-state index in [4.69, 9.17) is 16.6 Å². The zero-order chi connectivity index (χ0) is 20.0. The van der Waals surface area contributed by atoms with Crippen LogP contribution in [-0.4, -0.2) is 16.1 Å². The average molecular weight is 394 g/mol. The van der Waals surface area contributed by atoms with Crippen molar-refractivity contribution in [1.82, 2.24) is 9.55 Å². The number of fused-ring (bicyclic) bond motifs is 2. The number of anilines is 1. The zero-order valence-corrected chi connectivity index (χ0v) is 18.1. The monoisotopic (exact) mass is 393 g/mol. The Morgan fingerprint density at radius 1 is 1.25 bits per heavy atom. The lowest BCUT2D eigenvalue weighted by Crippen LogP contribution is -2.35. The van der Waals surface area contributed by atoms with Crippen molar-refractivity contribution in [3.05, 3.63) is 69.5 Å². The van der Waals surface area contributed by atoms with E-state index in [-0.39, 0.29) is 6.04 Å². The molecule has 0 saturated heterocycles. The molecule has 3 aromatic rings. The molecule has 1 aliphatic rings. The third-order valence-electron chi connectivity index (χ3n) is 6.13. The summed E-state index contributed by atoms with van der Waals surface area (Å²) in [6.45, 7) is 12.8. The molecule has 3 nitrogen and oxygen atoms in total. The van der Waals surface area contributed by atoms with Crippen molar-refractivity contribution in [2.24, 2.45) is 0 Å². The Labute approximate surface area is 172 Å². The maximum absolute atomic E-state index is 6.31. The Morgan fingerprint density at radius 2 is 2.04 bits per heavy atom. The van der Waals surface area contributed by atoms with Crippen molar-refractivity contribution in [2.75, 3.05) is 11.4 Å². The molecule has 0 saturated carbocycles. The molecule has 0 spiro atoms. The van der Waals surface area contributed by atoms with E-state index >= 15 is 0 Å². The van der Waals surface area contributed by atoms with Gasteiger partial charge in [0.25, 0.3) is 0 Å². The maximum Gasteiger partial charge on any atom is 0.153 e. The van der Waals surface area contributed by atoms with Crippen LogP contribution in [0.5, 0.6) is 0 Å². The van der Waals surface area contributed by atoms with Crippen LogP contribution in [0.2, 0.25) is 5.02 Å². The summed E-state index contributed by atoms with van der Waals surface area (Å²) in [5.41, 5.74) is 7.94. The van der Waals surface area contributed by atoms with Gasteiger partial charge in [-0.05, 0) is 75.9 Å². The molecule has 0 fully saturated rings. The number of benzene rings is 1. The van der Waals surface area contributed by atoms with Gasteiger partial charge in [-0.15, -0.1) is 0 Å². The number of pyridine rings is 1. The predicted molar refractivity (Wildman–Crippen MR) is 120 cm³/mol. The van der Waals surface area contributed by atoms with Gasteiger partial charge in [0.15, 0.2) is 5.82 Å². The van der Waals surface area contributed by atoms with Gasteiger partial charge in [-0.1, -0.05) is 29.3 Å². The largest absolute Gasteiger partial charge is 0.348 e. The van der Waals surface area contributed by atoms with Crippen LogP contribution in [0.4, 0.5) is 5.82 Å². The van der Waals surface area contributed by atoms with Gasteiger partial charge in [0.2, 0.25) is 0 Å². The molecule has 0 amide bonds. The normalized spacial score (nSPS) is 16.4. The van der Waals surface area contributed by atoms with E-state index in [0.717, 1.165) is 30.4 Å². The summed E-state index contributed by atoms with van der Waals surface area (Å²) in [7, 11) is 0. The van der Waals surface area contributed by atoms with Crippen molar-refractivity contribution < 1.29 is 0 Å². The van der Waals surface area contributed by atoms with Crippen molar-refractivity contribution in [1.29, 1.82) is 0 Å². The fraction of sp³-hybridized carbons (Fsp3) is 0.375. The van der Waals surface area contributed by atoms with Gasteiger partial charge in [-0.3, -0.25) is 0 Å². The number of aromatic nitrogens is 2. The summed E-state index contributed by atoms with van der Waals surface area (Å²) < 4.78 is 2.42. The highest BCUT2D eigenvalue weighted by molar-refractivity contribution is 6.30. The fourth-order valence-electron chi connectivity index (χ4n) is 4.36. The molecular formula is C24H28ClN3. The van der Waals surface area contributed by atoms with E-state index in [1.807, 2.05) is 12.3 Å². The van der Waals surface area contributed by atoms with E-state index in [9.17, 15) is 0 Å². The first-order valence-corrected chi connectivity index (χ1v) is 10.4. The third kappa shape index (κ3) is 3.12. The summed E-state index contributed by atoms with van der Waals surface area (Å²) >= 11 is 6.31. The van der Waals surface area contributed by atoms with Gasteiger partial charge < -0.3 is 9.47 Å². The Hall–Kier alpha value is -2.26. The molecule has 1 unspecified atom stereocenters. The first-order valence-electron chi connectivity index (χ1n) is 10.0. The fourth-order valence-corrected chi connectivity index (χ4v) is 4.54. The Kier molecular flexibility index (Phi) is 4.96. The number of rotatable bonds is 3. The molecule has 146 valence electrons. The molecule has 28 heavy (non-hydrogen) atoms. The number of halogens is 1. The second-order valence-electron chi connectivity index (χ2n) is 8.10. The summed E-state index contributed by atoms with van der Waals surface area (Å²) in [5.74, 6) is 1.08. The summed E-state index contributed by atoms with van der Waals surface area (Å²) in [5, 5.41) is 2.10. The van der Waals surface area contributed by atoms with Crippen LogP contribution in [0.1, 0.15) is 49.2 Å². The highest BCUT2D eigenvalue weighted by Gasteiger charge is 2.28. The van der Waals surface area contributed by atoms with Crippen LogP contribution in [0, 0.1) is 13.8 Å². The molecule has 4 rings (SSSR count). The Bertz CT molecular complexity index is 1070. The standard InChI is InChI=1S/C24H28ClN3/c1-15(2)9-12-27-17(4)16(3)21-8-11-26-24(23(21)27)28-13-10-19-6-7-20(25)14-22(19)18(28)5/h6-9,11,14,18H,10,12-13H2,1-5H3. The number of hydrogen-bond acceptors (Lipinski definition) is 2. The van der Waals surface area contributed by atoms with Gasteiger partial charge in [0.1, 0.15) is 0 Å². The lowest BCUT2D eigenvalue weighted by Gasteiger charge is -2.36. The van der Waals surface area contributed by atoms with Gasteiger partial charge in [0, 0.05) is 35.4 Å². The van der Waals surface area contributed by atoms with Crippen LogP contribution >= 0.6 is 11.6 Å². The molecule has 4 heteroatoms. The van der Waals surface area contributed by atoms with Crippen LogP contribution in [-0.2, 0) is 13.0 Å². The third-order valence-corrected chi connectivity index (χ3v) is 6.36. The van der Waals surface area contributed by atoms with Crippen LogP contribution in [0.25, 0.3) is 10.9 Å².